The molecule has 2 N–H and O–H groups in total. The summed E-state index contributed by atoms with van der Waals surface area (Å²) in [7, 11) is 0. The number of nitrogens with zero attached hydrogens (tertiary/aromatic N) is 1. The van der Waals surface area contributed by atoms with Crippen molar-refractivity contribution in [2.75, 3.05) is 24.5 Å². The molecule has 1 aromatic carbocycles. The van der Waals surface area contributed by atoms with Crippen LogP contribution in [0.5, 0.6) is 0 Å². The minimum atomic E-state index is 0.650. The van der Waals surface area contributed by atoms with Gasteiger partial charge in [0.2, 0.25) is 0 Å². The summed E-state index contributed by atoms with van der Waals surface area (Å²) in [5.41, 5.74) is 6.97. The number of rotatable bonds is 2. The Morgan fingerprint density at radius 2 is 2.33 bits per heavy atom. The molecule has 1 atom stereocenters. The lowest BCUT2D eigenvalue weighted by Crippen LogP contribution is -2.23. The van der Waals surface area contributed by atoms with E-state index < -0.39 is 0 Å². The van der Waals surface area contributed by atoms with Crippen LogP contribution in [-0.2, 0) is 0 Å². The van der Waals surface area contributed by atoms with Crippen molar-refractivity contribution in [1.29, 1.82) is 0 Å². The summed E-state index contributed by atoms with van der Waals surface area (Å²) in [6.07, 6.45) is 1.20. The van der Waals surface area contributed by atoms with Gasteiger partial charge in [0.05, 0.1) is 5.69 Å². The summed E-state index contributed by atoms with van der Waals surface area (Å²) in [6, 6.07) is 6.06. The minimum absolute atomic E-state index is 0.650. The largest absolute Gasteiger partial charge is 0.370 e. The zero-order valence-corrected chi connectivity index (χ0v) is 11.3. The SMILES string of the molecule is NCC1CCN(c2ccc(Cl)cc2I)C1. The summed E-state index contributed by atoms with van der Waals surface area (Å²) >= 11 is 8.27. The highest BCUT2D eigenvalue weighted by Gasteiger charge is 2.22. The Bertz CT molecular complexity index is 356. The fraction of sp³-hybridized carbons (Fsp3) is 0.455. The van der Waals surface area contributed by atoms with E-state index in [0.29, 0.717) is 5.92 Å². The minimum Gasteiger partial charge on any atom is -0.370 e. The van der Waals surface area contributed by atoms with E-state index in [2.05, 4.69) is 33.6 Å². The van der Waals surface area contributed by atoms with Crippen molar-refractivity contribution in [3.05, 3.63) is 26.8 Å². The normalized spacial score (nSPS) is 21.0. The molecule has 1 unspecified atom stereocenters. The summed E-state index contributed by atoms with van der Waals surface area (Å²) in [5.74, 6) is 0.650. The Hall–Kier alpha value is -0.000000000000000111. The van der Waals surface area contributed by atoms with E-state index in [4.69, 9.17) is 17.3 Å². The van der Waals surface area contributed by atoms with Gasteiger partial charge >= 0.3 is 0 Å². The molecule has 0 spiro atoms. The number of hydrogen-bond donors (Lipinski definition) is 1. The van der Waals surface area contributed by atoms with Crippen LogP contribution in [0, 0.1) is 9.49 Å². The molecule has 2 nitrogen and oxygen atoms in total. The molecule has 1 fully saturated rings. The second kappa shape index (κ2) is 4.89. The van der Waals surface area contributed by atoms with E-state index in [0.717, 1.165) is 24.7 Å². The lowest BCUT2D eigenvalue weighted by Gasteiger charge is -2.20. The molecule has 4 heteroatoms. The lowest BCUT2D eigenvalue weighted by atomic mass is 10.1. The standard InChI is InChI=1S/C11H14ClIN2/c12-9-1-2-11(10(13)5-9)15-4-3-8(6-14)7-15/h1-2,5,8H,3-4,6-7,14H2. The third kappa shape index (κ3) is 2.57. The van der Waals surface area contributed by atoms with E-state index in [1.807, 2.05) is 12.1 Å². The highest BCUT2D eigenvalue weighted by molar-refractivity contribution is 14.1. The van der Waals surface area contributed by atoms with Crippen molar-refractivity contribution >= 4 is 39.9 Å². The van der Waals surface area contributed by atoms with Gasteiger partial charge in [0.15, 0.2) is 0 Å². The van der Waals surface area contributed by atoms with Crippen molar-refractivity contribution in [1.82, 2.24) is 0 Å². The van der Waals surface area contributed by atoms with Crippen molar-refractivity contribution in [2.24, 2.45) is 11.7 Å². The van der Waals surface area contributed by atoms with Crippen LogP contribution in [0.3, 0.4) is 0 Å². The van der Waals surface area contributed by atoms with Crippen molar-refractivity contribution in [3.63, 3.8) is 0 Å². The highest BCUT2D eigenvalue weighted by Crippen LogP contribution is 2.29. The molecule has 0 saturated carbocycles. The van der Waals surface area contributed by atoms with Crippen LogP contribution in [0.25, 0.3) is 0 Å². The zero-order chi connectivity index (χ0) is 10.8. The number of halogens is 2. The molecular weight excluding hydrogens is 322 g/mol. The van der Waals surface area contributed by atoms with E-state index in [-0.39, 0.29) is 0 Å². The predicted octanol–water partition coefficient (Wildman–Crippen LogP) is 2.73. The number of anilines is 1. The van der Waals surface area contributed by atoms with Crippen LogP contribution in [-0.4, -0.2) is 19.6 Å². The molecule has 1 aromatic rings. The van der Waals surface area contributed by atoms with Gasteiger partial charge in [-0.2, -0.15) is 0 Å². The van der Waals surface area contributed by atoms with Crippen molar-refractivity contribution < 1.29 is 0 Å². The first kappa shape index (κ1) is 11.5. The van der Waals surface area contributed by atoms with Crippen LogP contribution in [0.15, 0.2) is 18.2 Å². The third-order valence-electron chi connectivity index (χ3n) is 2.87. The molecule has 1 saturated heterocycles. The van der Waals surface area contributed by atoms with Gasteiger partial charge in [-0.3, -0.25) is 0 Å². The maximum atomic E-state index is 5.94. The number of hydrogen-bond acceptors (Lipinski definition) is 2. The topological polar surface area (TPSA) is 29.3 Å². The van der Waals surface area contributed by atoms with Gasteiger partial charge in [-0.25, -0.2) is 0 Å². The summed E-state index contributed by atoms with van der Waals surface area (Å²) in [6.45, 7) is 2.98. The average molecular weight is 337 g/mol. The Kier molecular flexibility index (Phi) is 3.74. The molecule has 2 rings (SSSR count). The molecule has 82 valence electrons. The number of benzene rings is 1. The molecule has 15 heavy (non-hydrogen) atoms. The first-order chi connectivity index (χ1) is 7.20. The first-order valence-electron chi connectivity index (χ1n) is 5.11. The maximum Gasteiger partial charge on any atom is 0.0503 e. The van der Waals surface area contributed by atoms with E-state index in [1.54, 1.807) is 0 Å². The quantitative estimate of drug-likeness (QED) is 0.842. The first-order valence-corrected chi connectivity index (χ1v) is 6.56. The number of nitrogens with two attached hydrogens (primary N) is 1. The van der Waals surface area contributed by atoms with Crippen LogP contribution < -0.4 is 10.6 Å². The fourth-order valence-electron chi connectivity index (χ4n) is 1.98. The molecule has 0 bridgehead atoms. The molecule has 1 heterocycles. The average Bonchev–Trinajstić information content (AvgIpc) is 2.66. The Morgan fingerprint density at radius 1 is 1.53 bits per heavy atom. The maximum absolute atomic E-state index is 5.94. The molecule has 0 aliphatic carbocycles. The Labute approximate surface area is 109 Å². The monoisotopic (exact) mass is 336 g/mol. The smallest absolute Gasteiger partial charge is 0.0503 e. The van der Waals surface area contributed by atoms with Crippen LogP contribution >= 0.6 is 34.2 Å². The second-order valence-electron chi connectivity index (χ2n) is 3.93. The zero-order valence-electron chi connectivity index (χ0n) is 8.42. The van der Waals surface area contributed by atoms with Gasteiger partial charge in [0.25, 0.3) is 0 Å². The highest BCUT2D eigenvalue weighted by atomic mass is 127. The van der Waals surface area contributed by atoms with E-state index >= 15 is 0 Å². The van der Waals surface area contributed by atoms with Gasteiger partial charge in [0, 0.05) is 21.7 Å². The van der Waals surface area contributed by atoms with Gasteiger partial charge in [-0.1, -0.05) is 11.6 Å². The molecule has 0 amide bonds. The van der Waals surface area contributed by atoms with Crippen LogP contribution in [0.1, 0.15) is 6.42 Å². The Morgan fingerprint density at radius 3 is 2.93 bits per heavy atom. The predicted molar refractivity (Wildman–Crippen MR) is 73.5 cm³/mol. The van der Waals surface area contributed by atoms with Gasteiger partial charge in [-0.05, 0) is 59.7 Å². The molecular formula is C11H14ClIN2. The molecule has 1 aliphatic rings. The van der Waals surface area contributed by atoms with Gasteiger partial charge < -0.3 is 10.6 Å². The van der Waals surface area contributed by atoms with Crippen molar-refractivity contribution in [2.45, 2.75) is 6.42 Å². The van der Waals surface area contributed by atoms with Gasteiger partial charge in [0.1, 0.15) is 0 Å². The van der Waals surface area contributed by atoms with Crippen LogP contribution in [0.4, 0.5) is 5.69 Å². The Balaban J connectivity index is 2.17. The van der Waals surface area contributed by atoms with E-state index in [9.17, 15) is 0 Å². The molecule has 1 aliphatic heterocycles. The second-order valence-corrected chi connectivity index (χ2v) is 5.53. The summed E-state index contributed by atoms with van der Waals surface area (Å²) in [4.78, 5) is 2.40. The molecule has 0 aromatic heterocycles. The van der Waals surface area contributed by atoms with Crippen LogP contribution in [0.2, 0.25) is 5.02 Å². The third-order valence-corrected chi connectivity index (χ3v) is 3.97. The van der Waals surface area contributed by atoms with Crippen molar-refractivity contribution in [3.8, 4) is 0 Å². The fourth-order valence-corrected chi connectivity index (χ4v) is 3.19. The van der Waals surface area contributed by atoms with E-state index in [1.165, 1.54) is 15.7 Å². The summed E-state index contributed by atoms with van der Waals surface area (Å²) < 4.78 is 1.22. The lowest BCUT2D eigenvalue weighted by molar-refractivity contribution is 0.602. The van der Waals surface area contributed by atoms with Gasteiger partial charge in [-0.15, -0.1) is 0 Å². The molecule has 0 radical (unpaired) electrons. The summed E-state index contributed by atoms with van der Waals surface area (Å²) in [5, 5.41) is 0.803.